The quantitative estimate of drug-likeness (QED) is 0.611. The first-order valence-electron chi connectivity index (χ1n) is 9.00. The second-order valence-electron chi connectivity index (χ2n) is 6.75. The highest BCUT2D eigenvalue weighted by Gasteiger charge is 2.32. The summed E-state index contributed by atoms with van der Waals surface area (Å²) < 4.78 is 0. The molecule has 1 rings (SSSR count). The normalized spacial score (nSPS) is 24.4. The number of carbonyl (C=O) groups excluding carboxylic acids is 1. The Balaban J connectivity index is 2.33. The third kappa shape index (κ3) is 5.59. The van der Waals surface area contributed by atoms with Crippen LogP contribution in [0.25, 0.3) is 0 Å². The summed E-state index contributed by atoms with van der Waals surface area (Å²) in [5, 5.41) is 2.24. The molecule has 0 aromatic heterocycles. The molecule has 0 saturated carbocycles. The Bertz CT molecular complexity index is 294. The smallest absolute Gasteiger partial charge is 0.280 e. The minimum atomic E-state index is 0.0692. The maximum atomic E-state index is 12.6. The first-order chi connectivity index (χ1) is 10.0. The van der Waals surface area contributed by atoms with E-state index in [1.165, 1.54) is 32.5 Å². The summed E-state index contributed by atoms with van der Waals surface area (Å²) in [7, 11) is 0. The summed E-state index contributed by atoms with van der Waals surface area (Å²) in [5.74, 6) is 0.338. The lowest BCUT2D eigenvalue weighted by atomic mass is 9.96. The minimum Gasteiger partial charge on any atom is -0.336 e. The number of quaternary nitrogens is 2. The molecule has 0 aromatic carbocycles. The lowest BCUT2D eigenvalue weighted by molar-refractivity contribution is -0.898. The molecule has 0 aliphatic carbocycles. The van der Waals surface area contributed by atoms with Gasteiger partial charge in [0.05, 0.1) is 26.2 Å². The van der Waals surface area contributed by atoms with Gasteiger partial charge in [-0.2, -0.15) is 0 Å². The van der Waals surface area contributed by atoms with Crippen LogP contribution in [-0.4, -0.2) is 55.1 Å². The predicted octanol–water partition coefficient (Wildman–Crippen LogP) is 0.0426. The number of nitrogens with one attached hydrogen (secondary N) is 1. The van der Waals surface area contributed by atoms with E-state index in [1.54, 1.807) is 4.90 Å². The average Bonchev–Trinajstić information content (AvgIpc) is 2.46. The van der Waals surface area contributed by atoms with E-state index in [2.05, 4.69) is 44.8 Å². The van der Waals surface area contributed by atoms with Crippen molar-refractivity contribution < 1.29 is 15.0 Å². The Labute approximate surface area is 131 Å². The Morgan fingerprint density at radius 1 is 1.24 bits per heavy atom. The SMILES string of the molecule is CC[NH+](CC)CCC[NH2+][C@@H](C)C(=O)N1[C@H](C)CCC[C@@H]1C. The van der Waals surface area contributed by atoms with Gasteiger partial charge in [0, 0.05) is 18.5 Å². The lowest BCUT2D eigenvalue weighted by Gasteiger charge is -2.39. The van der Waals surface area contributed by atoms with Crippen LogP contribution in [0.15, 0.2) is 0 Å². The summed E-state index contributed by atoms with van der Waals surface area (Å²) in [6.07, 6.45) is 4.78. The summed E-state index contributed by atoms with van der Waals surface area (Å²) >= 11 is 0. The first kappa shape index (κ1) is 18.4. The van der Waals surface area contributed by atoms with Crippen LogP contribution < -0.4 is 10.2 Å². The average molecular weight is 300 g/mol. The standard InChI is InChI=1S/C17H35N3O/c1-6-19(7-2)13-9-12-18-16(5)17(21)20-14(3)10-8-11-15(20)4/h14-16,18H,6-13H2,1-5H3/p+2/t14-,15+,16-/m0/s1. The van der Waals surface area contributed by atoms with Crippen molar-refractivity contribution in [3.05, 3.63) is 0 Å². The molecule has 1 fully saturated rings. The van der Waals surface area contributed by atoms with E-state index in [1.807, 2.05) is 0 Å². The molecule has 21 heavy (non-hydrogen) atoms. The number of amides is 1. The van der Waals surface area contributed by atoms with Gasteiger partial charge < -0.3 is 15.1 Å². The molecule has 4 heteroatoms. The van der Waals surface area contributed by atoms with E-state index in [9.17, 15) is 4.79 Å². The molecule has 3 atom stereocenters. The fourth-order valence-electron chi connectivity index (χ4n) is 3.52. The Morgan fingerprint density at radius 2 is 1.81 bits per heavy atom. The van der Waals surface area contributed by atoms with E-state index in [-0.39, 0.29) is 6.04 Å². The third-order valence-electron chi connectivity index (χ3n) is 5.09. The largest absolute Gasteiger partial charge is 0.336 e. The zero-order chi connectivity index (χ0) is 15.8. The molecule has 0 radical (unpaired) electrons. The first-order valence-corrected chi connectivity index (χ1v) is 9.00. The zero-order valence-corrected chi connectivity index (χ0v) is 14.8. The molecule has 1 aliphatic rings. The molecule has 0 unspecified atom stereocenters. The van der Waals surface area contributed by atoms with Gasteiger partial charge in [-0.25, -0.2) is 0 Å². The fourth-order valence-corrected chi connectivity index (χ4v) is 3.52. The number of likely N-dealkylation sites (tertiary alicyclic amines) is 1. The van der Waals surface area contributed by atoms with Crippen LogP contribution in [0.3, 0.4) is 0 Å². The maximum Gasteiger partial charge on any atom is 0.280 e. The summed E-state index contributed by atoms with van der Waals surface area (Å²) in [4.78, 5) is 16.4. The van der Waals surface area contributed by atoms with E-state index >= 15 is 0 Å². The Hall–Kier alpha value is -0.610. The molecule has 0 aromatic rings. The van der Waals surface area contributed by atoms with Crippen LogP contribution in [-0.2, 0) is 4.79 Å². The highest BCUT2D eigenvalue weighted by molar-refractivity contribution is 5.80. The maximum absolute atomic E-state index is 12.6. The van der Waals surface area contributed by atoms with Crippen LogP contribution in [0.5, 0.6) is 0 Å². The number of rotatable bonds is 8. The van der Waals surface area contributed by atoms with Crippen LogP contribution >= 0.6 is 0 Å². The van der Waals surface area contributed by atoms with Gasteiger partial charge >= 0.3 is 0 Å². The highest BCUT2D eigenvalue weighted by atomic mass is 16.2. The number of hydrogen-bond donors (Lipinski definition) is 2. The second-order valence-corrected chi connectivity index (χ2v) is 6.75. The second kappa shape index (κ2) is 9.42. The van der Waals surface area contributed by atoms with Crippen molar-refractivity contribution in [2.24, 2.45) is 0 Å². The third-order valence-corrected chi connectivity index (χ3v) is 5.09. The molecule has 1 aliphatic heterocycles. The molecule has 4 nitrogen and oxygen atoms in total. The van der Waals surface area contributed by atoms with Crippen LogP contribution in [0.2, 0.25) is 0 Å². The molecule has 1 saturated heterocycles. The number of piperidine rings is 1. The van der Waals surface area contributed by atoms with Crippen LogP contribution in [0.1, 0.15) is 60.3 Å². The van der Waals surface area contributed by atoms with Crippen molar-refractivity contribution in [3.8, 4) is 0 Å². The Kier molecular flexibility index (Phi) is 8.27. The van der Waals surface area contributed by atoms with E-state index in [0.29, 0.717) is 18.0 Å². The van der Waals surface area contributed by atoms with Crippen molar-refractivity contribution in [2.75, 3.05) is 26.2 Å². The molecule has 124 valence electrons. The predicted molar refractivity (Wildman–Crippen MR) is 87.4 cm³/mol. The highest BCUT2D eigenvalue weighted by Crippen LogP contribution is 2.22. The number of carbonyl (C=O) groups is 1. The van der Waals surface area contributed by atoms with Crippen LogP contribution in [0, 0.1) is 0 Å². The molecule has 3 N–H and O–H groups in total. The summed E-state index contributed by atoms with van der Waals surface area (Å²) in [6.45, 7) is 15.6. The van der Waals surface area contributed by atoms with Crippen molar-refractivity contribution in [3.63, 3.8) is 0 Å². The number of nitrogens with two attached hydrogens (primary N) is 1. The van der Waals surface area contributed by atoms with Crippen molar-refractivity contribution >= 4 is 5.91 Å². The molecule has 1 heterocycles. The van der Waals surface area contributed by atoms with Crippen molar-refractivity contribution in [1.82, 2.24) is 4.90 Å². The van der Waals surface area contributed by atoms with Crippen LogP contribution in [0.4, 0.5) is 0 Å². The van der Waals surface area contributed by atoms with E-state index < -0.39 is 0 Å². The van der Waals surface area contributed by atoms with Gasteiger partial charge in [0.25, 0.3) is 5.91 Å². The fraction of sp³-hybridized carbons (Fsp3) is 0.941. The van der Waals surface area contributed by atoms with Gasteiger partial charge in [0.15, 0.2) is 6.04 Å². The molecule has 1 amide bonds. The Morgan fingerprint density at radius 3 is 2.33 bits per heavy atom. The number of nitrogens with zero attached hydrogens (tertiary/aromatic N) is 1. The molecule has 0 bridgehead atoms. The van der Waals surface area contributed by atoms with Gasteiger partial charge in [0.1, 0.15) is 0 Å². The van der Waals surface area contributed by atoms with E-state index in [0.717, 1.165) is 19.4 Å². The number of hydrogen-bond acceptors (Lipinski definition) is 1. The molecular formula is C17H37N3O+2. The molecule has 0 spiro atoms. The summed E-state index contributed by atoms with van der Waals surface area (Å²) in [5.41, 5.74) is 0. The topological polar surface area (TPSA) is 41.4 Å². The molecular weight excluding hydrogens is 262 g/mol. The van der Waals surface area contributed by atoms with Crippen molar-refractivity contribution in [1.29, 1.82) is 0 Å². The van der Waals surface area contributed by atoms with E-state index in [4.69, 9.17) is 0 Å². The monoisotopic (exact) mass is 299 g/mol. The van der Waals surface area contributed by atoms with Gasteiger partial charge in [-0.3, -0.25) is 4.79 Å². The zero-order valence-electron chi connectivity index (χ0n) is 14.8. The summed E-state index contributed by atoms with van der Waals surface area (Å²) in [6, 6.07) is 0.897. The van der Waals surface area contributed by atoms with Gasteiger partial charge in [-0.15, -0.1) is 0 Å². The van der Waals surface area contributed by atoms with Gasteiger partial charge in [0.2, 0.25) is 0 Å². The van der Waals surface area contributed by atoms with Gasteiger partial charge in [-0.05, 0) is 53.9 Å². The lowest BCUT2D eigenvalue weighted by Crippen LogP contribution is -3.11. The van der Waals surface area contributed by atoms with Crippen molar-refractivity contribution in [2.45, 2.75) is 78.4 Å². The van der Waals surface area contributed by atoms with Gasteiger partial charge in [-0.1, -0.05) is 0 Å². The minimum absolute atomic E-state index is 0.0692.